The van der Waals surface area contributed by atoms with Crippen LogP contribution in [-0.2, 0) is 15.6 Å². The molecule has 0 unspecified atom stereocenters. The van der Waals surface area contributed by atoms with E-state index in [1.807, 2.05) is 6.08 Å². The highest BCUT2D eigenvalue weighted by Crippen LogP contribution is 2.46. The van der Waals surface area contributed by atoms with Gasteiger partial charge in [-0.05, 0) is 65.3 Å². The van der Waals surface area contributed by atoms with Crippen molar-refractivity contribution in [3.05, 3.63) is 131 Å². The fraction of sp³-hybridized carbons (Fsp3) is 0.302. The topological polar surface area (TPSA) is 43.5 Å². The minimum Gasteiger partial charge on any atom is -0.483 e. The quantitative estimate of drug-likeness (QED) is 0.106. The molecule has 4 heteroatoms. The van der Waals surface area contributed by atoms with Crippen molar-refractivity contribution >= 4 is 47.0 Å². The van der Waals surface area contributed by atoms with Gasteiger partial charge in [0.1, 0.15) is 7.05 Å². The third-order valence-corrected chi connectivity index (χ3v) is 9.53. The van der Waals surface area contributed by atoms with Crippen LogP contribution in [0.25, 0.3) is 23.4 Å². The number of carbonyl (C=O) groups is 1. The van der Waals surface area contributed by atoms with Crippen LogP contribution in [0.5, 0.6) is 0 Å². The van der Waals surface area contributed by atoms with E-state index in [9.17, 15) is 0 Å². The summed E-state index contributed by atoms with van der Waals surface area (Å²) < 4.78 is 2.34. The molecule has 0 saturated heterocycles. The van der Waals surface area contributed by atoms with Crippen LogP contribution in [0.2, 0.25) is 0 Å². The summed E-state index contributed by atoms with van der Waals surface area (Å²) in [5.41, 5.74) is 7.80. The number of anilines is 1. The van der Waals surface area contributed by atoms with Gasteiger partial charge in [0.15, 0.2) is 5.71 Å². The van der Waals surface area contributed by atoms with E-state index in [1.54, 1.807) is 0 Å². The fourth-order valence-electron chi connectivity index (χ4n) is 7.35. The zero-order valence-electron chi connectivity index (χ0n) is 29.1. The molecule has 244 valence electrons. The van der Waals surface area contributed by atoms with Gasteiger partial charge in [-0.3, -0.25) is 4.79 Å². The predicted octanol–water partition coefficient (Wildman–Crippen LogP) is 8.85. The van der Waals surface area contributed by atoms with Gasteiger partial charge in [0.05, 0.1) is 5.41 Å². The number of allylic oxidation sites excluding steroid dienone is 9. The first-order chi connectivity index (χ1) is 22.6. The zero-order chi connectivity index (χ0) is 34.2. The molecule has 2 heterocycles. The lowest BCUT2D eigenvalue weighted by atomic mass is 9.79. The molecule has 0 bridgehead atoms. The molecular weight excluding hydrogens is 576 g/mol. The van der Waals surface area contributed by atoms with E-state index in [0.29, 0.717) is 0 Å². The molecule has 4 nitrogen and oxygen atoms in total. The Labute approximate surface area is 281 Å². The molecule has 0 amide bonds. The minimum atomic E-state index is -0.250. The van der Waals surface area contributed by atoms with Gasteiger partial charge in [-0.25, -0.2) is 0 Å². The molecular formula is C43H51N2O2+. The average Bonchev–Trinajstić information content (AvgIpc) is 3.38. The van der Waals surface area contributed by atoms with Crippen LogP contribution in [-0.4, -0.2) is 35.5 Å². The first-order valence-corrected chi connectivity index (χ1v) is 16.7. The lowest BCUT2D eigenvalue weighted by Crippen LogP contribution is -2.33. The Morgan fingerprint density at radius 3 is 2.28 bits per heavy atom. The van der Waals surface area contributed by atoms with Crippen molar-refractivity contribution in [2.24, 2.45) is 0 Å². The number of hydrogen-bond acceptors (Lipinski definition) is 2. The third-order valence-electron chi connectivity index (χ3n) is 9.53. The normalized spacial score (nSPS) is 17.6. The van der Waals surface area contributed by atoms with Gasteiger partial charge in [-0.15, -0.1) is 0 Å². The third kappa shape index (κ3) is 7.02. The second kappa shape index (κ2) is 15.3. The summed E-state index contributed by atoms with van der Waals surface area (Å²) in [6.07, 6.45) is 24.3. The molecule has 5 rings (SSSR count). The molecule has 0 aromatic heterocycles. The Hall–Kier alpha value is -4.70. The highest BCUT2D eigenvalue weighted by molar-refractivity contribution is 6.07. The molecule has 0 fully saturated rings. The van der Waals surface area contributed by atoms with Crippen LogP contribution in [0.15, 0.2) is 109 Å². The molecule has 3 aromatic carbocycles. The van der Waals surface area contributed by atoms with E-state index < -0.39 is 0 Å². The molecule has 2 aliphatic rings. The largest absolute Gasteiger partial charge is 0.483 e. The number of rotatable bonds is 10. The Kier molecular flexibility index (Phi) is 11.4. The van der Waals surface area contributed by atoms with E-state index in [-0.39, 0.29) is 17.3 Å². The van der Waals surface area contributed by atoms with Crippen molar-refractivity contribution in [1.29, 1.82) is 0 Å². The SMILES string of the molecule is C=C/C=c1/c2c(ccc1=C)N(CCCCCC)\C(=C/C=C/C=C/C=C/C1=[N+](C)c3ccc4ccccc4c3C1(C)C)C2(C)C.O=CO. The van der Waals surface area contributed by atoms with Gasteiger partial charge in [-0.1, -0.05) is 126 Å². The highest BCUT2D eigenvalue weighted by Gasteiger charge is 2.44. The number of hydrogen-bond donors (Lipinski definition) is 1. The van der Waals surface area contributed by atoms with Crippen molar-refractivity contribution < 1.29 is 14.5 Å². The maximum Gasteiger partial charge on any atom is 0.290 e. The second-order valence-corrected chi connectivity index (χ2v) is 13.3. The summed E-state index contributed by atoms with van der Waals surface area (Å²) in [4.78, 5) is 10.9. The van der Waals surface area contributed by atoms with Crippen LogP contribution in [0.4, 0.5) is 11.4 Å². The van der Waals surface area contributed by atoms with Gasteiger partial charge in [0, 0.05) is 41.1 Å². The summed E-state index contributed by atoms with van der Waals surface area (Å²) in [7, 11) is 2.18. The van der Waals surface area contributed by atoms with Crippen LogP contribution in [0.3, 0.4) is 0 Å². The first kappa shape index (κ1) is 35.2. The zero-order valence-corrected chi connectivity index (χ0v) is 29.1. The monoisotopic (exact) mass is 627 g/mol. The number of nitrogens with zero attached hydrogens (tertiary/aromatic N) is 2. The van der Waals surface area contributed by atoms with Crippen molar-refractivity contribution in [3.8, 4) is 0 Å². The lowest BCUT2D eigenvalue weighted by molar-refractivity contribution is -0.401. The summed E-state index contributed by atoms with van der Waals surface area (Å²) >= 11 is 0. The molecule has 1 N–H and O–H groups in total. The molecule has 0 saturated carbocycles. The Morgan fingerprint density at radius 1 is 0.851 bits per heavy atom. The van der Waals surface area contributed by atoms with Crippen molar-refractivity contribution in [2.75, 3.05) is 18.5 Å². The summed E-state index contributed by atoms with van der Waals surface area (Å²) in [6.45, 7) is 20.7. The Balaban J connectivity index is 0.00000160. The van der Waals surface area contributed by atoms with Crippen LogP contribution < -0.4 is 15.3 Å². The van der Waals surface area contributed by atoms with Crippen molar-refractivity contribution in [3.63, 3.8) is 0 Å². The van der Waals surface area contributed by atoms with Gasteiger partial charge in [-0.2, -0.15) is 4.58 Å². The van der Waals surface area contributed by atoms with Crippen LogP contribution >= 0.6 is 0 Å². The highest BCUT2D eigenvalue weighted by atomic mass is 16.3. The summed E-state index contributed by atoms with van der Waals surface area (Å²) in [5.74, 6) is 0. The number of carboxylic acid groups (broad SMARTS) is 1. The smallest absolute Gasteiger partial charge is 0.290 e. The minimum absolute atomic E-state index is 0.0745. The number of benzene rings is 3. The predicted molar refractivity (Wildman–Crippen MR) is 202 cm³/mol. The fourth-order valence-corrected chi connectivity index (χ4v) is 7.35. The van der Waals surface area contributed by atoms with Gasteiger partial charge >= 0.3 is 0 Å². The standard InChI is InChI=1S/C42H49N2.CH2O2/c1-9-11-12-20-30-44-36-28-26-31(3)33(21-10-2)39(36)42(6,7)38(44)25-17-15-13-14-16-24-37-41(4,5)40-34-23-19-18-22-32(34)27-29-35(40)43(37)8;2-1-3/h10,13-19,21-29H,2-3,9,11-12,20,30H2,1,4-8H3;1H,(H,2,3)/q+1;/b33-21+;. The van der Waals surface area contributed by atoms with E-state index in [1.165, 1.54) is 75.6 Å². The maximum absolute atomic E-state index is 8.36. The maximum atomic E-state index is 8.36. The van der Waals surface area contributed by atoms with Crippen molar-refractivity contribution in [2.45, 2.75) is 71.1 Å². The molecule has 2 aliphatic heterocycles. The van der Waals surface area contributed by atoms with E-state index >= 15 is 0 Å². The van der Waals surface area contributed by atoms with E-state index in [4.69, 9.17) is 9.90 Å². The molecule has 47 heavy (non-hydrogen) atoms. The molecule has 0 spiro atoms. The molecule has 0 aliphatic carbocycles. The second-order valence-electron chi connectivity index (χ2n) is 13.3. The molecule has 0 radical (unpaired) electrons. The van der Waals surface area contributed by atoms with E-state index in [0.717, 1.165) is 11.8 Å². The molecule has 3 aromatic rings. The lowest BCUT2D eigenvalue weighted by Gasteiger charge is -2.27. The Bertz CT molecular complexity index is 1900. The summed E-state index contributed by atoms with van der Waals surface area (Å²) in [5, 5.41) is 11.8. The Morgan fingerprint density at radius 2 is 1.55 bits per heavy atom. The van der Waals surface area contributed by atoms with E-state index in [2.05, 4.69) is 161 Å². The first-order valence-electron chi connectivity index (χ1n) is 16.7. The van der Waals surface area contributed by atoms with Gasteiger partial charge < -0.3 is 10.0 Å². The average molecular weight is 628 g/mol. The number of unbranched alkanes of at least 4 members (excludes halogenated alkanes) is 3. The number of fused-ring (bicyclic) bond motifs is 4. The van der Waals surface area contributed by atoms with Gasteiger partial charge in [0.25, 0.3) is 6.47 Å². The van der Waals surface area contributed by atoms with Crippen LogP contribution in [0.1, 0.15) is 71.4 Å². The van der Waals surface area contributed by atoms with Crippen molar-refractivity contribution in [1.82, 2.24) is 0 Å². The molecule has 0 atom stereocenters. The van der Waals surface area contributed by atoms with Gasteiger partial charge in [0.2, 0.25) is 5.69 Å². The summed E-state index contributed by atoms with van der Waals surface area (Å²) in [6, 6.07) is 17.6. The van der Waals surface area contributed by atoms with Crippen LogP contribution in [0, 0.1) is 0 Å².